The lowest BCUT2D eigenvalue weighted by Crippen LogP contribution is -2.45. The Morgan fingerprint density at radius 3 is 2.55 bits per heavy atom. The van der Waals surface area contributed by atoms with Crippen molar-refractivity contribution in [2.45, 2.75) is 39.7 Å². The van der Waals surface area contributed by atoms with Crippen LogP contribution in [0.3, 0.4) is 0 Å². The Morgan fingerprint density at radius 2 is 1.76 bits per heavy atom. The fourth-order valence-corrected chi connectivity index (χ4v) is 5.88. The van der Waals surface area contributed by atoms with Crippen LogP contribution in [0, 0.1) is 5.92 Å². The Kier molecular flexibility index (Phi) is 7.85. The summed E-state index contributed by atoms with van der Waals surface area (Å²) in [5.74, 6) is 2.30. The van der Waals surface area contributed by atoms with Crippen molar-refractivity contribution >= 4 is 39.6 Å². The quantitative estimate of drug-likeness (QED) is 0.277. The van der Waals surface area contributed by atoms with Gasteiger partial charge in [0, 0.05) is 37.8 Å². The number of aromatic amines is 1. The normalized spacial score (nSPS) is 15.3. The van der Waals surface area contributed by atoms with E-state index in [0.717, 1.165) is 71.6 Å². The molecule has 2 N–H and O–H groups in total. The van der Waals surface area contributed by atoms with E-state index < -0.39 is 0 Å². The third-order valence-electron chi connectivity index (χ3n) is 8.09. The van der Waals surface area contributed by atoms with Crippen LogP contribution in [-0.2, 0) is 22.6 Å². The first-order valence-electron chi connectivity index (χ1n) is 14.7. The predicted octanol–water partition coefficient (Wildman–Crippen LogP) is 4.24. The highest BCUT2D eigenvalue weighted by atomic mass is 16.2. The maximum absolute atomic E-state index is 13.0. The molecule has 42 heavy (non-hydrogen) atoms. The van der Waals surface area contributed by atoms with Crippen molar-refractivity contribution in [3.63, 3.8) is 0 Å². The molecule has 0 spiro atoms. The van der Waals surface area contributed by atoms with Crippen LogP contribution in [0.1, 0.15) is 38.1 Å². The summed E-state index contributed by atoms with van der Waals surface area (Å²) in [6.45, 7) is 7.36. The van der Waals surface area contributed by atoms with Crippen LogP contribution in [0.2, 0.25) is 0 Å². The molecule has 0 saturated carbocycles. The number of aromatic nitrogens is 5. The lowest BCUT2D eigenvalue weighted by atomic mass is 9.96. The van der Waals surface area contributed by atoms with Gasteiger partial charge < -0.3 is 20.1 Å². The molecule has 0 aliphatic carbocycles. The van der Waals surface area contributed by atoms with Gasteiger partial charge in [0.2, 0.25) is 11.8 Å². The van der Waals surface area contributed by atoms with Gasteiger partial charge in [0.15, 0.2) is 11.6 Å². The highest BCUT2D eigenvalue weighted by Gasteiger charge is 2.29. The molecule has 216 valence electrons. The highest BCUT2D eigenvalue weighted by molar-refractivity contribution is 5.90. The fourth-order valence-electron chi connectivity index (χ4n) is 5.88. The molecule has 1 fully saturated rings. The second-order valence-corrected chi connectivity index (χ2v) is 10.7. The van der Waals surface area contributed by atoms with Crippen LogP contribution in [-0.4, -0.2) is 67.6 Å². The van der Waals surface area contributed by atoms with Gasteiger partial charge in [0.05, 0.1) is 35.4 Å². The largest absolute Gasteiger partial charge is 0.354 e. The van der Waals surface area contributed by atoms with Crippen LogP contribution in [0.25, 0.3) is 27.8 Å². The summed E-state index contributed by atoms with van der Waals surface area (Å²) in [5, 5.41) is 13.1. The molecule has 2 amide bonds. The van der Waals surface area contributed by atoms with E-state index in [1.807, 2.05) is 90.2 Å². The third-order valence-corrected chi connectivity index (χ3v) is 8.09. The van der Waals surface area contributed by atoms with Gasteiger partial charge in [-0.25, -0.2) is 4.98 Å². The molecule has 3 aromatic heterocycles. The van der Waals surface area contributed by atoms with Crippen molar-refractivity contribution in [3.8, 4) is 5.82 Å². The number of para-hydroxylation sites is 3. The SMILES string of the molecule is CCN(CC)C(=O)C1CCCN(c2ccc(-n3cc(CC(=O)NCc4nc5ccccc5[nH]4)c4ccccc43)nn2)C1. The van der Waals surface area contributed by atoms with Gasteiger partial charge in [-0.15, -0.1) is 10.2 Å². The topological polar surface area (TPSA) is 112 Å². The van der Waals surface area contributed by atoms with Gasteiger partial charge in [-0.1, -0.05) is 30.3 Å². The molecule has 1 aliphatic heterocycles. The number of piperidine rings is 1. The Labute approximate surface area is 244 Å². The Morgan fingerprint density at radius 1 is 1.00 bits per heavy atom. The Bertz CT molecular complexity index is 1670. The van der Waals surface area contributed by atoms with Gasteiger partial charge in [-0.05, 0) is 62.6 Å². The average molecular weight is 565 g/mol. The van der Waals surface area contributed by atoms with E-state index in [9.17, 15) is 9.59 Å². The number of nitrogens with one attached hydrogen (secondary N) is 2. The van der Waals surface area contributed by atoms with Crippen LogP contribution in [0.4, 0.5) is 5.82 Å². The molecule has 10 heteroatoms. The Hall–Kier alpha value is -4.73. The highest BCUT2D eigenvalue weighted by Crippen LogP contribution is 2.27. The minimum atomic E-state index is -0.0845. The average Bonchev–Trinajstić information content (AvgIpc) is 3.62. The van der Waals surface area contributed by atoms with Crippen LogP contribution in [0.15, 0.2) is 66.9 Å². The zero-order valence-electron chi connectivity index (χ0n) is 24.1. The van der Waals surface area contributed by atoms with E-state index in [-0.39, 0.29) is 24.2 Å². The smallest absolute Gasteiger partial charge is 0.227 e. The minimum absolute atomic E-state index is 0.0194. The number of benzene rings is 2. The molecule has 1 saturated heterocycles. The standard InChI is InChI=1S/C32H36N8O2/c1-3-38(4-2)32(42)22-10-9-17-39(20-22)29-15-16-30(37-36-29)40-21-23(24-11-5-8-14-27(24)40)18-31(41)33-19-28-34-25-12-6-7-13-26(25)35-28/h5-8,11-16,21-22H,3-4,9-10,17-20H2,1-2H3,(H,33,41)(H,34,35). The van der Waals surface area contributed by atoms with E-state index in [1.165, 1.54) is 0 Å². The zero-order valence-corrected chi connectivity index (χ0v) is 24.1. The van der Waals surface area contributed by atoms with Crippen molar-refractivity contribution in [1.82, 2.24) is 34.9 Å². The lowest BCUT2D eigenvalue weighted by Gasteiger charge is -2.34. The molecule has 6 rings (SSSR count). The van der Waals surface area contributed by atoms with Gasteiger partial charge >= 0.3 is 0 Å². The third kappa shape index (κ3) is 5.57. The van der Waals surface area contributed by atoms with Crippen molar-refractivity contribution in [3.05, 3.63) is 78.2 Å². The summed E-state index contributed by atoms with van der Waals surface area (Å²) in [6, 6.07) is 19.7. The van der Waals surface area contributed by atoms with E-state index in [4.69, 9.17) is 0 Å². The molecule has 1 atom stereocenters. The monoisotopic (exact) mass is 564 g/mol. The molecule has 1 unspecified atom stereocenters. The summed E-state index contributed by atoms with van der Waals surface area (Å²) in [4.78, 5) is 37.8. The van der Waals surface area contributed by atoms with Gasteiger partial charge in [0.25, 0.3) is 0 Å². The maximum Gasteiger partial charge on any atom is 0.227 e. The second kappa shape index (κ2) is 12.0. The number of nitrogens with zero attached hydrogens (tertiary/aromatic N) is 6. The van der Waals surface area contributed by atoms with E-state index in [1.54, 1.807) is 0 Å². The van der Waals surface area contributed by atoms with Crippen molar-refractivity contribution in [2.24, 2.45) is 5.92 Å². The number of H-pyrrole nitrogens is 1. The summed E-state index contributed by atoms with van der Waals surface area (Å²) < 4.78 is 1.98. The maximum atomic E-state index is 13.0. The molecular weight excluding hydrogens is 528 g/mol. The number of amides is 2. The number of hydrogen-bond acceptors (Lipinski definition) is 6. The van der Waals surface area contributed by atoms with Crippen LogP contribution >= 0.6 is 0 Å². The number of imidazole rings is 1. The molecule has 0 bridgehead atoms. The molecule has 5 aromatic rings. The molecule has 10 nitrogen and oxygen atoms in total. The second-order valence-electron chi connectivity index (χ2n) is 10.7. The number of anilines is 1. The molecular formula is C32H36N8O2. The zero-order chi connectivity index (χ0) is 29.1. The summed E-state index contributed by atoms with van der Waals surface area (Å²) in [6.07, 6.45) is 4.05. The molecule has 0 radical (unpaired) electrons. The summed E-state index contributed by atoms with van der Waals surface area (Å²) in [7, 11) is 0. The molecule has 1 aliphatic rings. The number of carbonyl (C=O) groups excluding carboxylic acids is 2. The van der Waals surface area contributed by atoms with Crippen LogP contribution in [0.5, 0.6) is 0 Å². The molecule has 4 heterocycles. The van der Waals surface area contributed by atoms with Crippen LogP contribution < -0.4 is 10.2 Å². The van der Waals surface area contributed by atoms with E-state index in [0.29, 0.717) is 18.9 Å². The number of carbonyl (C=O) groups is 2. The summed E-state index contributed by atoms with van der Waals surface area (Å²) >= 11 is 0. The molecule has 2 aromatic carbocycles. The van der Waals surface area contributed by atoms with Crippen molar-refractivity contribution < 1.29 is 9.59 Å². The van der Waals surface area contributed by atoms with E-state index >= 15 is 0 Å². The lowest BCUT2D eigenvalue weighted by molar-refractivity contribution is -0.135. The number of hydrogen-bond donors (Lipinski definition) is 2. The Balaban J connectivity index is 1.16. The number of fused-ring (bicyclic) bond motifs is 2. The van der Waals surface area contributed by atoms with Crippen molar-refractivity contribution in [1.29, 1.82) is 0 Å². The predicted molar refractivity (Wildman–Crippen MR) is 163 cm³/mol. The van der Waals surface area contributed by atoms with E-state index in [2.05, 4.69) is 30.4 Å². The first-order chi connectivity index (χ1) is 20.5. The van der Waals surface area contributed by atoms with Gasteiger partial charge in [0.1, 0.15) is 5.82 Å². The fraction of sp³-hybridized carbons (Fsp3) is 0.344. The minimum Gasteiger partial charge on any atom is -0.354 e. The van der Waals surface area contributed by atoms with Gasteiger partial charge in [-0.3, -0.25) is 14.2 Å². The van der Waals surface area contributed by atoms with Crippen molar-refractivity contribution in [2.75, 3.05) is 31.1 Å². The summed E-state index contributed by atoms with van der Waals surface area (Å²) in [5.41, 5.74) is 3.70. The van der Waals surface area contributed by atoms with Gasteiger partial charge in [-0.2, -0.15) is 0 Å². The first kappa shape index (κ1) is 27.4. The first-order valence-corrected chi connectivity index (χ1v) is 14.7. The number of rotatable bonds is 9.